The Morgan fingerprint density at radius 2 is 2.05 bits per heavy atom. The zero-order valence-electron chi connectivity index (χ0n) is 12.8. The van der Waals surface area contributed by atoms with Gasteiger partial charge in [0.1, 0.15) is 5.69 Å². The van der Waals surface area contributed by atoms with E-state index in [9.17, 15) is 4.79 Å². The third kappa shape index (κ3) is 2.27. The van der Waals surface area contributed by atoms with Gasteiger partial charge >= 0.3 is 0 Å². The Morgan fingerprint density at radius 1 is 1.36 bits per heavy atom. The second kappa shape index (κ2) is 5.64. The topological polar surface area (TPSA) is 70.7 Å². The maximum absolute atomic E-state index is 12.2. The summed E-state index contributed by atoms with van der Waals surface area (Å²) in [6.45, 7) is 1.93. The summed E-state index contributed by atoms with van der Waals surface area (Å²) in [6.07, 6.45) is 3.32. The average molecular weight is 294 g/mol. The molecule has 112 valence electrons. The van der Waals surface area contributed by atoms with Crippen LogP contribution in [0.5, 0.6) is 0 Å². The fraction of sp³-hybridized carbons (Fsp3) is 0.353. The molecule has 0 aliphatic heterocycles. The summed E-state index contributed by atoms with van der Waals surface area (Å²) in [6, 6.07) is 9.74. The molecule has 1 heterocycles. The van der Waals surface area contributed by atoms with Crippen LogP contribution in [0.4, 0.5) is 0 Å². The first-order chi connectivity index (χ1) is 10.7. The Morgan fingerprint density at radius 3 is 2.55 bits per heavy atom. The molecule has 1 aliphatic carbocycles. The van der Waals surface area contributed by atoms with Crippen molar-refractivity contribution in [3.8, 4) is 17.3 Å². The van der Waals surface area contributed by atoms with Crippen LogP contribution in [0.2, 0.25) is 0 Å². The van der Waals surface area contributed by atoms with Crippen molar-refractivity contribution < 1.29 is 4.79 Å². The predicted octanol–water partition coefficient (Wildman–Crippen LogP) is 2.81. The lowest BCUT2D eigenvalue weighted by Crippen LogP contribution is -2.27. The molecule has 0 atom stereocenters. The van der Waals surface area contributed by atoms with E-state index in [-0.39, 0.29) is 5.91 Å². The Hall–Kier alpha value is -2.61. The van der Waals surface area contributed by atoms with E-state index in [2.05, 4.69) is 11.4 Å². The number of carbonyl (C=O) groups is 1. The van der Waals surface area contributed by atoms with E-state index < -0.39 is 0 Å². The first-order valence-electron chi connectivity index (χ1n) is 7.47. The van der Waals surface area contributed by atoms with Gasteiger partial charge in [-0.15, -0.1) is 0 Å². The van der Waals surface area contributed by atoms with Crippen molar-refractivity contribution in [1.29, 1.82) is 5.26 Å². The number of nitriles is 1. The van der Waals surface area contributed by atoms with E-state index in [0.717, 1.165) is 29.7 Å². The van der Waals surface area contributed by atoms with E-state index in [0.29, 0.717) is 17.3 Å². The van der Waals surface area contributed by atoms with E-state index in [4.69, 9.17) is 10.4 Å². The lowest BCUT2D eigenvalue weighted by Gasteiger charge is -2.27. The zero-order chi connectivity index (χ0) is 15.7. The number of amides is 1. The highest BCUT2D eigenvalue weighted by Gasteiger charge is 2.28. The van der Waals surface area contributed by atoms with Crippen molar-refractivity contribution >= 4 is 5.91 Å². The molecule has 0 spiro atoms. The molecule has 0 saturated heterocycles. The van der Waals surface area contributed by atoms with Crippen LogP contribution in [0.15, 0.2) is 24.3 Å². The molecule has 0 radical (unpaired) electrons. The van der Waals surface area contributed by atoms with Gasteiger partial charge in [-0.3, -0.25) is 9.48 Å². The third-order valence-electron chi connectivity index (χ3n) is 4.30. The Kier molecular flexibility index (Phi) is 3.68. The van der Waals surface area contributed by atoms with Crippen LogP contribution in [-0.4, -0.2) is 22.7 Å². The summed E-state index contributed by atoms with van der Waals surface area (Å²) < 4.78 is 1.88. The molecule has 0 bridgehead atoms. The van der Waals surface area contributed by atoms with Gasteiger partial charge < -0.3 is 5.32 Å². The van der Waals surface area contributed by atoms with Gasteiger partial charge in [0.25, 0.3) is 5.91 Å². The third-order valence-corrected chi connectivity index (χ3v) is 4.30. The van der Waals surface area contributed by atoms with Gasteiger partial charge in [-0.2, -0.15) is 10.4 Å². The summed E-state index contributed by atoms with van der Waals surface area (Å²) >= 11 is 0. The van der Waals surface area contributed by atoms with Crippen molar-refractivity contribution in [3.63, 3.8) is 0 Å². The number of benzene rings is 1. The molecule has 1 amide bonds. The fourth-order valence-electron chi connectivity index (χ4n) is 2.78. The molecule has 2 aromatic rings. The molecule has 3 rings (SSSR count). The molecule has 0 unspecified atom stereocenters. The normalized spacial score (nSPS) is 14.2. The number of hydrogen-bond donors (Lipinski definition) is 1. The summed E-state index contributed by atoms with van der Waals surface area (Å²) in [4.78, 5) is 12.2. The smallest absolute Gasteiger partial charge is 0.269 e. The van der Waals surface area contributed by atoms with Crippen LogP contribution < -0.4 is 5.32 Å². The number of nitrogens with zero attached hydrogens (tertiary/aromatic N) is 3. The molecule has 1 saturated carbocycles. The number of aromatic nitrogens is 2. The standard InChI is InChI=1S/C17H18N4O/c1-11-15(13-8-6-12(10-18)7-9-13)20-21(14-4-3-5-14)16(11)17(22)19-2/h6-9,14H,3-5H2,1-2H3,(H,19,22). The van der Waals surface area contributed by atoms with Gasteiger partial charge in [-0.1, -0.05) is 12.1 Å². The quantitative estimate of drug-likeness (QED) is 0.946. The largest absolute Gasteiger partial charge is 0.354 e. The average Bonchev–Trinajstić information content (AvgIpc) is 2.82. The van der Waals surface area contributed by atoms with Crippen LogP contribution in [0.25, 0.3) is 11.3 Å². The zero-order valence-corrected chi connectivity index (χ0v) is 12.8. The maximum Gasteiger partial charge on any atom is 0.269 e. The van der Waals surface area contributed by atoms with Crippen molar-refractivity contribution in [3.05, 3.63) is 41.1 Å². The maximum atomic E-state index is 12.2. The van der Waals surface area contributed by atoms with Gasteiger partial charge in [-0.25, -0.2) is 0 Å². The monoisotopic (exact) mass is 294 g/mol. The first kappa shape index (κ1) is 14.3. The van der Waals surface area contributed by atoms with E-state index in [1.807, 2.05) is 23.7 Å². The highest BCUT2D eigenvalue weighted by Crippen LogP contribution is 2.35. The van der Waals surface area contributed by atoms with E-state index in [1.165, 1.54) is 6.42 Å². The number of nitrogens with one attached hydrogen (secondary N) is 1. The van der Waals surface area contributed by atoms with Gasteiger partial charge in [0.2, 0.25) is 0 Å². The molecule has 22 heavy (non-hydrogen) atoms. The highest BCUT2D eigenvalue weighted by atomic mass is 16.1. The summed E-state index contributed by atoms with van der Waals surface area (Å²) in [5.41, 5.74) is 3.89. The van der Waals surface area contributed by atoms with E-state index in [1.54, 1.807) is 19.2 Å². The van der Waals surface area contributed by atoms with Gasteiger partial charge in [0.05, 0.1) is 23.4 Å². The van der Waals surface area contributed by atoms with Crippen molar-refractivity contribution in [2.75, 3.05) is 7.05 Å². The molecule has 1 aliphatic rings. The van der Waals surface area contributed by atoms with Crippen LogP contribution >= 0.6 is 0 Å². The Labute approximate surface area is 129 Å². The number of hydrogen-bond acceptors (Lipinski definition) is 3. The minimum absolute atomic E-state index is 0.100. The molecular formula is C17H18N4O. The van der Waals surface area contributed by atoms with Gasteiger partial charge in [0.15, 0.2) is 0 Å². The second-order valence-corrected chi connectivity index (χ2v) is 5.62. The van der Waals surface area contributed by atoms with Crippen LogP contribution in [0, 0.1) is 18.3 Å². The minimum Gasteiger partial charge on any atom is -0.354 e. The Balaban J connectivity index is 2.09. The molecule has 1 N–H and O–H groups in total. The molecular weight excluding hydrogens is 276 g/mol. The fourth-order valence-corrected chi connectivity index (χ4v) is 2.78. The SMILES string of the molecule is CNC(=O)c1c(C)c(-c2ccc(C#N)cc2)nn1C1CCC1. The minimum atomic E-state index is -0.100. The molecule has 5 nitrogen and oxygen atoms in total. The number of rotatable bonds is 3. The lowest BCUT2D eigenvalue weighted by atomic mass is 9.93. The van der Waals surface area contributed by atoms with Gasteiger partial charge in [-0.05, 0) is 38.3 Å². The number of carbonyl (C=O) groups excluding carboxylic acids is 1. The lowest BCUT2D eigenvalue weighted by molar-refractivity contribution is 0.0944. The van der Waals surface area contributed by atoms with Crippen LogP contribution in [0.3, 0.4) is 0 Å². The second-order valence-electron chi connectivity index (χ2n) is 5.62. The summed E-state index contributed by atoms with van der Waals surface area (Å²) in [5.74, 6) is -0.100. The van der Waals surface area contributed by atoms with Crippen molar-refractivity contribution in [2.45, 2.75) is 32.2 Å². The van der Waals surface area contributed by atoms with Gasteiger partial charge in [0, 0.05) is 18.2 Å². The molecule has 1 fully saturated rings. The van der Waals surface area contributed by atoms with Crippen LogP contribution in [0.1, 0.15) is 46.9 Å². The molecule has 1 aromatic heterocycles. The molecule has 5 heteroatoms. The highest BCUT2D eigenvalue weighted by molar-refractivity contribution is 5.95. The summed E-state index contributed by atoms with van der Waals surface area (Å²) in [7, 11) is 1.64. The molecule has 1 aromatic carbocycles. The first-order valence-corrected chi connectivity index (χ1v) is 7.47. The van der Waals surface area contributed by atoms with Crippen LogP contribution in [-0.2, 0) is 0 Å². The van der Waals surface area contributed by atoms with Crippen molar-refractivity contribution in [2.24, 2.45) is 0 Å². The predicted molar refractivity (Wildman–Crippen MR) is 83.4 cm³/mol. The Bertz CT molecular complexity index is 748. The summed E-state index contributed by atoms with van der Waals surface area (Å²) in [5, 5.41) is 16.3. The van der Waals surface area contributed by atoms with E-state index >= 15 is 0 Å². The van der Waals surface area contributed by atoms with Crippen molar-refractivity contribution in [1.82, 2.24) is 15.1 Å².